The van der Waals surface area contributed by atoms with Gasteiger partial charge in [0.2, 0.25) is 0 Å². The molecule has 0 unspecified atom stereocenters. The monoisotopic (exact) mass is 382 g/mol. The van der Waals surface area contributed by atoms with Gasteiger partial charge in [-0.15, -0.1) is 0 Å². The maximum absolute atomic E-state index is 12.0. The van der Waals surface area contributed by atoms with Gasteiger partial charge in [-0.1, -0.05) is 29.8 Å². The molecule has 0 atom stereocenters. The number of nitrogens with one attached hydrogen (secondary N) is 2. The van der Waals surface area contributed by atoms with E-state index >= 15 is 0 Å². The first kappa shape index (κ1) is 18.3. The number of phenolic OH excluding ortho intramolecular Hbond substituents is 1. The molecule has 3 rings (SSSR count). The van der Waals surface area contributed by atoms with Crippen LogP contribution in [0.15, 0.2) is 72.8 Å². The predicted octanol–water partition coefficient (Wildman–Crippen LogP) is 4.42. The van der Waals surface area contributed by atoms with Crippen LogP contribution in [0.5, 0.6) is 17.2 Å². The Morgan fingerprint density at radius 2 is 1.44 bits per heavy atom. The standard InChI is InChI=1S/C20H15ClN2O4/c21-13-6-11-18(24)17(12-13)23-20(26)19(25)22-14-7-9-16(10-8-14)27-15-4-2-1-3-5-15/h1-12,24H,(H,22,25)(H,23,26). The zero-order valence-electron chi connectivity index (χ0n) is 14.0. The number of para-hydroxylation sites is 1. The first-order valence-electron chi connectivity index (χ1n) is 7.95. The average molecular weight is 383 g/mol. The van der Waals surface area contributed by atoms with Gasteiger partial charge in [-0.2, -0.15) is 0 Å². The maximum Gasteiger partial charge on any atom is 0.314 e. The first-order valence-corrected chi connectivity index (χ1v) is 8.33. The van der Waals surface area contributed by atoms with E-state index in [0.29, 0.717) is 22.2 Å². The van der Waals surface area contributed by atoms with E-state index in [4.69, 9.17) is 16.3 Å². The predicted molar refractivity (Wildman–Crippen MR) is 103 cm³/mol. The van der Waals surface area contributed by atoms with Gasteiger partial charge in [0.25, 0.3) is 0 Å². The van der Waals surface area contributed by atoms with Crippen LogP contribution in [0.1, 0.15) is 0 Å². The second-order valence-electron chi connectivity index (χ2n) is 5.51. The minimum atomic E-state index is -0.933. The summed E-state index contributed by atoms with van der Waals surface area (Å²) < 4.78 is 5.66. The van der Waals surface area contributed by atoms with Crippen LogP contribution in [0.4, 0.5) is 11.4 Å². The minimum Gasteiger partial charge on any atom is -0.506 e. The molecule has 2 amide bonds. The van der Waals surface area contributed by atoms with Crippen molar-refractivity contribution < 1.29 is 19.4 Å². The molecule has 0 fully saturated rings. The van der Waals surface area contributed by atoms with E-state index in [2.05, 4.69) is 10.6 Å². The summed E-state index contributed by atoms with van der Waals surface area (Å²) in [5.41, 5.74) is 0.472. The summed E-state index contributed by atoms with van der Waals surface area (Å²) >= 11 is 5.81. The molecular weight excluding hydrogens is 368 g/mol. The molecule has 3 aromatic rings. The van der Waals surface area contributed by atoms with Crippen molar-refractivity contribution in [3.8, 4) is 17.2 Å². The van der Waals surface area contributed by atoms with E-state index in [1.165, 1.54) is 18.2 Å². The molecular formula is C20H15ClN2O4. The summed E-state index contributed by atoms with van der Waals surface area (Å²) in [6, 6.07) is 20.0. The lowest BCUT2D eigenvalue weighted by atomic mass is 10.2. The molecule has 136 valence electrons. The Bertz CT molecular complexity index is 959. The molecule has 0 saturated heterocycles. The zero-order valence-corrected chi connectivity index (χ0v) is 14.7. The lowest BCUT2D eigenvalue weighted by Crippen LogP contribution is -2.29. The number of carbonyl (C=O) groups is 2. The van der Waals surface area contributed by atoms with E-state index < -0.39 is 11.8 Å². The summed E-state index contributed by atoms with van der Waals surface area (Å²) in [5.74, 6) is -0.728. The molecule has 0 radical (unpaired) electrons. The summed E-state index contributed by atoms with van der Waals surface area (Å²) in [7, 11) is 0. The molecule has 6 nitrogen and oxygen atoms in total. The highest BCUT2D eigenvalue weighted by Gasteiger charge is 2.16. The van der Waals surface area contributed by atoms with Gasteiger partial charge in [0.05, 0.1) is 5.69 Å². The van der Waals surface area contributed by atoms with Crippen LogP contribution in [0, 0.1) is 0 Å². The van der Waals surface area contributed by atoms with Crippen molar-refractivity contribution in [1.82, 2.24) is 0 Å². The highest BCUT2D eigenvalue weighted by Crippen LogP contribution is 2.26. The summed E-state index contributed by atoms with van der Waals surface area (Å²) in [6.45, 7) is 0. The van der Waals surface area contributed by atoms with Gasteiger partial charge in [-0.3, -0.25) is 9.59 Å². The Morgan fingerprint density at radius 1 is 0.815 bits per heavy atom. The van der Waals surface area contributed by atoms with Crippen molar-refractivity contribution in [3.05, 3.63) is 77.8 Å². The van der Waals surface area contributed by atoms with Crippen molar-refractivity contribution >= 4 is 34.8 Å². The molecule has 0 heterocycles. The smallest absolute Gasteiger partial charge is 0.314 e. The van der Waals surface area contributed by atoms with Crippen LogP contribution < -0.4 is 15.4 Å². The normalized spacial score (nSPS) is 10.1. The van der Waals surface area contributed by atoms with Crippen LogP contribution >= 0.6 is 11.6 Å². The molecule has 3 aromatic carbocycles. The Labute approximate surface area is 160 Å². The van der Waals surface area contributed by atoms with Crippen LogP contribution in [-0.4, -0.2) is 16.9 Å². The number of anilines is 2. The van der Waals surface area contributed by atoms with E-state index in [1.807, 2.05) is 30.3 Å². The van der Waals surface area contributed by atoms with Gasteiger partial charge in [0, 0.05) is 10.7 Å². The lowest BCUT2D eigenvalue weighted by Gasteiger charge is -2.09. The van der Waals surface area contributed by atoms with Gasteiger partial charge in [0.15, 0.2) is 0 Å². The van der Waals surface area contributed by atoms with E-state index in [1.54, 1.807) is 24.3 Å². The average Bonchev–Trinajstić information content (AvgIpc) is 2.67. The maximum atomic E-state index is 12.0. The molecule has 0 aliphatic carbocycles. The van der Waals surface area contributed by atoms with Crippen molar-refractivity contribution in [2.75, 3.05) is 10.6 Å². The molecule has 27 heavy (non-hydrogen) atoms. The summed E-state index contributed by atoms with van der Waals surface area (Å²) in [4.78, 5) is 24.0. The second kappa shape index (κ2) is 8.25. The summed E-state index contributed by atoms with van der Waals surface area (Å²) in [5, 5.41) is 14.8. The summed E-state index contributed by atoms with van der Waals surface area (Å²) in [6.07, 6.45) is 0. The van der Waals surface area contributed by atoms with Gasteiger partial charge in [-0.05, 0) is 54.6 Å². The fraction of sp³-hybridized carbons (Fsp3) is 0. The van der Waals surface area contributed by atoms with Gasteiger partial charge >= 0.3 is 11.8 Å². The van der Waals surface area contributed by atoms with E-state index in [9.17, 15) is 14.7 Å². The molecule has 0 saturated carbocycles. The van der Waals surface area contributed by atoms with Crippen molar-refractivity contribution in [1.29, 1.82) is 0 Å². The second-order valence-corrected chi connectivity index (χ2v) is 5.95. The SMILES string of the molecule is O=C(Nc1ccc(Oc2ccccc2)cc1)C(=O)Nc1cc(Cl)ccc1O. The lowest BCUT2D eigenvalue weighted by molar-refractivity contribution is -0.133. The number of hydrogen-bond donors (Lipinski definition) is 3. The molecule has 7 heteroatoms. The van der Waals surface area contributed by atoms with Gasteiger partial charge in [0.1, 0.15) is 17.2 Å². The highest BCUT2D eigenvalue weighted by molar-refractivity contribution is 6.44. The quantitative estimate of drug-likeness (QED) is 0.460. The first-order chi connectivity index (χ1) is 13.0. The van der Waals surface area contributed by atoms with Crippen LogP contribution in [0.25, 0.3) is 0 Å². The fourth-order valence-corrected chi connectivity index (χ4v) is 2.38. The van der Waals surface area contributed by atoms with Gasteiger partial charge < -0.3 is 20.5 Å². The number of amides is 2. The van der Waals surface area contributed by atoms with Crippen LogP contribution in [-0.2, 0) is 9.59 Å². The van der Waals surface area contributed by atoms with E-state index in [0.717, 1.165) is 0 Å². The third kappa shape index (κ3) is 4.99. The number of carbonyl (C=O) groups excluding carboxylic acids is 2. The number of benzene rings is 3. The van der Waals surface area contributed by atoms with Crippen molar-refractivity contribution in [2.45, 2.75) is 0 Å². The molecule has 0 aromatic heterocycles. The van der Waals surface area contributed by atoms with E-state index in [-0.39, 0.29) is 11.4 Å². The van der Waals surface area contributed by atoms with Crippen LogP contribution in [0.3, 0.4) is 0 Å². The molecule has 0 spiro atoms. The number of phenols is 1. The molecule has 0 aliphatic heterocycles. The molecule has 0 aliphatic rings. The molecule has 0 bridgehead atoms. The Balaban J connectivity index is 1.60. The number of hydrogen-bond acceptors (Lipinski definition) is 4. The van der Waals surface area contributed by atoms with Gasteiger partial charge in [-0.25, -0.2) is 0 Å². The largest absolute Gasteiger partial charge is 0.506 e. The Hall–Kier alpha value is -3.51. The highest BCUT2D eigenvalue weighted by atomic mass is 35.5. The fourth-order valence-electron chi connectivity index (χ4n) is 2.21. The Kier molecular flexibility index (Phi) is 5.58. The topological polar surface area (TPSA) is 87.7 Å². The van der Waals surface area contributed by atoms with Crippen LogP contribution in [0.2, 0.25) is 5.02 Å². The number of halogens is 1. The number of aromatic hydroxyl groups is 1. The zero-order chi connectivity index (χ0) is 19.2. The third-order valence-corrected chi connectivity index (χ3v) is 3.74. The number of ether oxygens (including phenoxy) is 1. The number of rotatable bonds is 4. The third-order valence-electron chi connectivity index (χ3n) is 3.50. The Morgan fingerprint density at radius 3 is 2.15 bits per heavy atom. The molecule has 3 N–H and O–H groups in total. The minimum absolute atomic E-state index is 0.0502. The van der Waals surface area contributed by atoms with Crippen molar-refractivity contribution in [3.63, 3.8) is 0 Å². The van der Waals surface area contributed by atoms with Crippen molar-refractivity contribution in [2.24, 2.45) is 0 Å².